The molecule has 0 bridgehead atoms. The first-order valence-electron chi connectivity index (χ1n) is 5.28. The van der Waals surface area contributed by atoms with Crippen molar-refractivity contribution >= 4 is 27.3 Å². The third kappa shape index (κ3) is 3.52. The molecule has 1 aromatic carbocycles. The molecule has 2 rings (SSSR count). The third-order valence-electron chi connectivity index (χ3n) is 2.30. The average Bonchev–Trinajstić information content (AvgIpc) is 2.83. The molecule has 1 aromatic heterocycles. The molecule has 0 fully saturated rings. The van der Waals surface area contributed by atoms with Gasteiger partial charge in [0.2, 0.25) is 0 Å². The van der Waals surface area contributed by atoms with Gasteiger partial charge in [0.1, 0.15) is 12.4 Å². The van der Waals surface area contributed by atoms with Crippen LogP contribution in [-0.4, -0.2) is 11.5 Å². The summed E-state index contributed by atoms with van der Waals surface area (Å²) >= 11 is 5.07. The summed E-state index contributed by atoms with van der Waals surface area (Å²) in [5.74, 6) is 0.852. The van der Waals surface area contributed by atoms with E-state index in [-0.39, 0.29) is 0 Å². The second-order valence-electron chi connectivity index (χ2n) is 3.56. The molecule has 3 nitrogen and oxygen atoms in total. The van der Waals surface area contributed by atoms with Crippen molar-refractivity contribution < 1.29 is 4.74 Å². The van der Waals surface area contributed by atoms with E-state index in [1.807, 2.05) is 23.6 Å². The number of halogens is 1. The van der Waals surface area contributed by atoms with Crippen molar-refractivity contribution in [2.75, 3.05) is 6.54 Å². The van der Waals surface area contributed by atoms with Crippen molar-refractivity contribution in [2.45, 2.75) is 13.0 Å². The summed E-state index contributed by atoms with van der Waals surface area (Å²) in [6.45, 7) is 1.14. The smallest absolute Gasteiger partial charge is 0.131 e. The van der Waals surface area contributed by atoms with Gasteiger partial charge in [-0.25, -0.2) is 4.98 Å². The van der Waals surface area contributed by atoms with Gasteiger partial charge in [0.05, 0.1) is 11.2 Å². The summed E-state index contributed by atoms with van der Waals surface area (Å²) in [5, 5.41) is 1.99. The van der Waals surface area contributed by atoms with Crippen molar-refractivity contribution in [3.8, 4) is 5.75 Å². The predicted molar refractivity (Wildman–Crippen MR) is 73.3 cm³/mol. The van der Waals surface area contributed by atoms with E-state index in [0.29, 0.717) is 13.2 Å². The topological polar surface area (TPSA) is 48.1 Å². The zero-order chi connectivity index (χ0) is 12.1. The van der Waals surface area contributed by atoms with Crippen LogP contribution in [-0.2, 0) is 13.0 Å². The van der Waals surface area contributed by atoms with E-state index in [4.69, 9.17) is 10.5 Å². The Hall–Kier alpha value is -0.910. The second kappa shape index (κ2) is 6.14. The normalized spacial score (nSPS) is 10.5. The summed E-state index contributed by atoms with van der Waals surface area (Å²) in [6, 6.07) is 5.95. The number of ether oxygens (including phenoxy) is 1. The van der Waals surface area contributed by atoms with Crippen LogP contribution in [0.4, 0.5) is 0 Å². The molecule has 90 valence electrons. The maximum absolute atomic E-state index is 5.67. The first-order valence-corrected chi connectivity index (χ1v) is 7.01. The number of hydrogen-bond donors (Lipinski definition) is 1. The van der Waals surface area contributed by atoms with Crippen molar-refractivity contribution in [2.24, 2.45) is 5.73 Å². The molecule has 0 unspecified atom stereocenters. The predicted octanol–water partition coefficient (Wildman–Crippen LogP) is 2.99. The van der Waals surface area contributed by atoms with Gasteiger partial charge in [0.25, 0.3) is 0 Å². The van der Waals surface area contributed by atoms with E-state index in [1.54, 1.807) is 16.8 Å². The van der Waals surface area contributed by atoms with Crippen LogP contribution in [0.1, 0.15) is 11.3 Å². The highest BCUT2D eigenvalue weighted by atomic mass is 79.9. The van der Waals surface area contributed by atoms with E-state index in [9.17, 15) is 0 Å². The highest BCUT2D eigenvalue weighted by Gasteiger charge is 2.03. The molecule has 0 amide bonds. The van der Waals surface area contributed by atoms with Crippen molar-refractivity contribution in [3.63, 3.8) is 0 Å². The summed E-state index contributed by atoms with van der Waals surface area (Å²) in [5.41, 5.74) is 9.49. The van der Waals surface area contributed by atoms with E-state index in [1.165, 1.54) is 5.56 Å². The van der Waals surface area contributed by atoms with Gasteiger partial charge in [-0.05, 0) is 36.7 Å². The SMILES string of the molecule is NCCc1cc(OCc2cscn2)ccc1Br. The Kier molecular flexibility index (Phi) is 4.53. The first kappa shape index (κ1) is 12.5. The number of nitrogens with two attached hydrogens (primary N) is 1. The molecule has 2 N–H and O–H groups in total. The van der Waals surface area contributed by atoms with Gasteiger partial charge >= 0.3 is 0 Å². The van der Waals surface area contributed by atoms with E-state index >= 15 is 0 Å². The minimum absolute atomic E-state index is 0.507. The molecule has 17 heavy (non-hydrogen) atoms. The Morgan fingerprint density at radius 2 is 2.29 bits per heavy atom. The number of nitrogens with zero attached hydrogens (tertiary/aromatic N) is 1. The van der Waals surface area contributed by atoms with Crippen LogP contribution < -0.4 is 10.5 Å². The second-order valence-corrected chi connectivity index (χ2v) is 5.13. The van der Waals surface area contributed by atoms with Crippen LogP contribution in [0.25, 0.3) is 0 Å². The number of benzene rings is 1. The zero-order valence-electron chi connectivity index (χ0n) is 9.23. The average molecular weight is 313 g/mol. The van der Waals surface area contributed by atoms with Crippen molar-refractivity contribution in [1.29, 1.82) is 0 Å². The quantitative estimate of drug-likeness (QED) is 0.923. The Labute approximate surface area is 113 Å². The summed E-state index contributed by atoms with van der Waals surface area (Å²) in [6.07, 6.45) is 0.842. The molecule has 0 aliphatic carbocycles. The van der Waals surface area contributed by atoms with Gasteiger partial charge in [0.15, 0.2) is 0 Å². The van der Waals surface area contributed by atoms with Gasteiger partial charge < -0.3 is 10.5 Å². The number of hydrogen-bond acceptors (Lipinski definition) is 4. The zero-order valence-corrected chi connectivity index (χ0v) is 11.6. The number of thiazole rings is 1. The Morgan fingerprint density at radius 3 is 3.00 bits per heavy atom. The minimum Gasteiger partial charge on any atom is -0.487 e. The fraction of sp³-hybridized carbons (Fsp3) is 0.250. The highest BCUT2D eigenvalue weighted by Crippen LogP contribution is 2.23. The van der Waals surface area contributed by atoms with Crippen LogP contribution in [0.3, 0.4) is 0 Å². The number of aromatic nitrogens is 1. The maximum atomic E-state index is 5.67. The molecule has 0 saturated carbocycles. The minimum atomic E-state index is 0.507. The molecule has 0 spiro atoms. The maximum Gasteiger partial charge on any atom is 0.131 e. The summed E-state index contributed by atoms with van der Waals surface area (Å²) in [7, 11) is 0. The van der Waals surface area contributed by atoms with Gasteiger partial charge in [-0.15, -0.1) is 11.3 Å². The largest absolute Gasteiger partial charge is 0.487 e. The molecule has 2 aromatic rings. The molecule has 0 atom stereocenters. The lowest BCUT2D eigenvalue weighted by atomic mass is 10.1. The molecular formula is C12H13BrN2OS. The van der Waals surface area contributed by atoms with E-state index < -0.39 is 0 Å². The first-order chi connectivity index (χ1) is 8.29. The summed E-state index contributed by atoms with van der Waals surface area (Å²) < 4.78 is 6.75. The van der Waals surface area contributed by atoms with Crippen LogP contribution in [0.5, 0.6) is 5.75 Å². The molecule has 0 aliphatic rings. The van der Waals surface area contributed by atoms with Crippen LogP contribution in [0, 0.1) is 0 Å². The van der Waals surface area contributed by atoms with Crippen LogP contribution in [0.15, 0.2) is 33.6 Å². The fourth-order valence-electron chi connectivity index (χ4n) is 1.45. The van der Waals surface area contributed by atoms with Crippen molar-refractivity contribution in [1.82, 2.24) is 4.98 Å². The van der Waals surface area contributed by atoms with Gasteiger partial charge in [-0.1, -0.05) is 15.9 Å². The standard InChI is InChI=1S/C12H13BrN2OS/c13-12-2-1-11(5-9(12)3-4-14)16-6-10-7-17-8-15-10/h1-2,5,7-8H,3-4,6,14H2. The molecular weight excluding hydrogens is 300 g/mol. The van der Waals surface area contributed by atoms with E-state index in [0.717, 1.165) is 22.3 Å². The Bertz CT molecular complexity index is 473. The van der Waals surface area contributed by atoms with E-state index in [2.05, 4.69) is 20.9 Å². The molecule has 1 heterocycles. The molecule has 0 radical (unpaired) electrons. The summed E-state index contributed by atoms with van der Waals surface area (Å²) in [4.78, 5) is 4.17. The van der Waals surface area contributed by atoms with Crippen molar-refractivity contribution in [3.05, 3.63) is 44.8 Å². The highest BCUT2D eigenvalue weighted by molar-refractivity contribution is 9.10. The third-order valence-corrected chi connectivity index (χ3v) is 3.71. The monoisotopic (exact) mass is 312 g/mol. The lowest BCUT2D eigenvalue weighted by molar-refractivity contribution is 0.302. The molecule has 5 heteroatoms. The van der Waals surface area contributed by atoms with Crippen LogP contribution >= 0.6 is 27.3 Å². The van der Waals surface area contributed by atoms with Gasteiger partial charge in [-0.3, -0.25) is 0 Å². The molecule has 0 saturated heterocycles. The Morgan fingerprint density at radius 1 is 1.41 bits per heavy atom. The lowest BCUT2D eigenvalue weighted by Crippen LogP contribution is -2.04. The fourth-order valence-corrected chi connectivity index (χ4v) is 2.44. The molecule has 0 aliphatic heterocycles. The lowest BCUT2D eigenvalue weighted by Gasteiger charge is -2.08. The van der Waals surface area contributed by atoms with Gasteiger partial charge in [0, 0.05) is 9.85 Å². The Balaban J connectivity index is 2.03. The van der Waals surface area contributed by atoms with Gasteiger partial charge in [-0.2, -0.15) is 0 Å². The van der Waals surface area contributed by atoms with Crippen LogP contribution in [0.2, 0.25) is 0 Å². The number of rotatable bonds is 5.